The first kappa shape index (κ1) is 10.2. The summed E-state index contributed by atoms with van der Waals surface area (Å²) in [5.74, 6) is 0.136. The zero-order chi connectivity index (χ0) is 9.97. The second-order valence-corrected chi connectivity index (χ2v) is 4.87. The van der Waals surface area contributed by atoms with Gasteiger partial charge in [-0.3, -0.25) is 0 Å². The minimum atomic E-state index is -0.634. The van der Waals surface area contributed by atoms with E-state index in [1.807, 2.05) is 24.3 Å². The SMILES string of the molecule is FC1CCCCC1c1ccc(Br)cc1. The van der Waals surface area contributed by atoms with Crippen LogP contribution in [0.1, 0.15) is 37.2 Å². The minimum absolute atomic E-state index is 0.136. The first-order chi connectivity index (χ1) is 6.77. The van der Waals surface area contributed by atoms with Gasteiger partial charge in [-0.25, -0.2) is 4.39 Å². The molecule has 1 aromatic carbocycles. The molecule has 2 rings (SSSR count). The third kappa shape index (κ3) is 2.17. The zero-order valence-electron chi connectivity index (χ0n) is 8.05. The summed E-state index contributed by atoms with van der Waals surface area (Å²) >= 11 is 3.39. The lowest BCUT2D eigenvalue weighted by Crippen LogP contribution is -2.18. The molecule has 0 N–H and O–H groups in total. The van der Waals surface area contributed by atoms with E-state index in [1.165, 1.54) is 6.42 Å². The van der Waals surface area contributed by atoms with Gasteiger partial charge in [-0.2, -0.15) is 0 Å². The van der Waals surface area contributed by atoms with Crippen molar-refractivity contribution in [1.29, 1.82) is 0 Å². The first-order valence-electron chi connectivity index (χ1n) is 5.17. The summed E-state index contributed by atoms with van der Waals surface area (Å²) in [5.41, 5.74) is 1.15. The molecule has 2 unspecified atom stereocenters. The topological polar surface area (TPSA) is 0 Å². The van der Waals surface area contributed by atoms with E-state index < -0.39 is 6.17 Å². The van der Waals surface area contributed by atoms with E-state index in [1.54, 1.807) is 0 Å². The van der Waals surface area contributed by atoms with Crippen LogP contribution in [0.2, 0.25) is 0 Å². The molecule has 14 heavy (non-hydrogen) atoms. The summed E-state index contributed by atoms with van der Waals surface area (Å²) < 4.78 is 14.7. The molecule has 0 bridgehead atoms. The molecule has 0 nitrogen and oxygen atoms in total. The van der Waals surface area contributed by atoms with Crippen molar-refractivity contribution in [2.75, 3.05) is 0 Å². The quantitative estimate of drug-likeness (QED) is 0.697. The molecule has 0 heterocycles. The fourth-order valence-corrected chi connectivity index (χ4v) is 2.44. The van der Waals surface area contributed by atoms with Gasteiger partial charge < -0.3 is 0 Å². The lowest BCUT2D eigenvalue weighted by molar-refractivity contribution is 0.216. The molecule has 0 saturated heterocycles. The van der Waals surface area contributed by atoms with Crippen molar-refractivity contribution in [1.82, 2.24) is 0 Å². The Balaban J connectivity index is 2.16. The molecule has 1 aliphatic carbocycles. The summed E-state index contributed by atoms with van der Waals surface area (Å²) in [7, 11) is 0. The highest BCUT2D eigenvalue weighted by Gasteiger charge is 2.25. The van der Waals surface area contributed by atoms with Crippen molar-refractivity contribution in [3.05, 3.63) is 34.3 Å². The number of benzene rings is 1. The lowest BCUT2D eigenvalue weighted by atomic mass is 9.83. The van der Waals surface area contributed by atoms with Gasteiger partial charge in [-0.15, -0.1) is 0 Å². The Labute approximate surface area is 92.6 Å². The average Bonchev–Trinajstić information content (AvgIpc) is 2.20. The van der Waals surface area contributed by atoms with Gasteiger partial charge in [-0.1, -0.05) is 40.9 Å². The highest BCUT2D eigenvalue weighted by atomic mass is 79.9. The third-order valence-corrected chi connectivity index (χ3v) is 3.51. The Kier molecular flexibility index (Phi) is 3.22. The molecule has 2 heteroatoms. The summed E-state index contributed by atoms with van der Waals surface area (Å²) in [6, 6.07) is 8.06. The van der Waals surface area contributed by atoms with Gasteiger partial charge in [0, 0.05) is 10.4 Å². The Morgan fingerprint density at radius 1 is 1.07 bits per heavy atom. The molecule has 76 valence electrons. The Morgan fingerprint density at radius 3 is 2.36 bits per heavy atom. The molecular weight excluding hydrogens is 243 g/mol. The van der Waals surface area contributed by atoms with Gasteiger partial charge in [0.15, 0.2) is 0 Å². The largest absolute Gasteiger partial charge is 0.247 e. The standard InChI is InChI=1S/C12H14BrF/c13-10-7-5-9(6-8-10)11-3-1-2-4-12(11)14/h5-8,11-12H,1-4H2. The number of hydrogen-bond donors (Lipinski definition) is 0. The van der Waals surface area contributed by atoms with Crippen molar-refractivity contribution in [3.8, 4) is 0 Å². The number of hydrogen-bond acceptors (Lipinski definition) is 0. The van der Waals surface area contributed by atoms with E-state index in [0.717, 1.165) is 29.3 Å². The van der Waals surface area contributed by atoms with E-state index in [-0.39, 0.29) is 5.92 Å². The molecule has 2 atom stereocenters. The monoisotopic (exact) mass is 256 g/mol. The highest BCUT2D eigenvalue weighted by Crippen LogP contribution is 2.35. The Morgan fingerprint density at radius 2 is 1.71 bits per heavy atom. The van der Waals surface area contributed by atoms with Crippen molar-refractivity contribution < 1.29 is 4.39 Å². The molecule has 0 aromatic heterocycles. The highest BCUT2D eigenvalue weighted by molar-refractivity contribution is 9.10. The van der Waals surface area contributed by atoms with E-state index >= 15 is 0 Å². The van der Waals surface area contributed by atoms with Gasteiger partial charge in [0.25, 0.3) is 0 Å². The molecule has 0 spiro atoms. The van der Waals surface area contributed by atoms with Gasteiger partial charge >= 0.3 is 0 Å². The average molecular weight is 257 g/mol. The van der Waals surface area contributed by atoms with Crippen LogP contribution in [0.3, 0.4) is 0 Å². The molecular formula is C12H14BrF. The summed E-state index contributed by atoms with van der Waals surface area (Å²) in [5, 5.41) is 0. The van der Waals surface area contributed by atoms with Gasteiger partial charge in [0.05, 0.1) is 0 Å². The summed E-state index contributed by atoms with van der Waals surface area (Å²) in [6.07, 6.45) is 3.32. The third-order valence-electron chi connectivity index (χ3n) is 2.98. The first-order valence-corrected chi connectivity index (χ1v) is 5.96. The second-order valence-electron chi connectivity index (χ2n) is 3.96. The fraction of sp³-hybridized carbons (Fsp3) is 0.500. The van der Waals surface area contributed by atoms with Crippen LogP contribution < -0.4 is 0 Å². The van der Waals surface area contributed by atoms with Gasteiger partial charge in [0.1, 0.15) is 6.17 Å². The maximum atomic E-state index is 13.6. The van der Waals surface area contributed by atoms with Crippen molar-refractivity contribution in [3.63, 3.8) is 0 Å². The normalized spacial score (nSPS) is 27.6. The number of alkyl halides is 1. The van der Waals surface area contributed by atoms with E-state index in [4.69, 9.17) is 0 Å². The predicted octanol–water partition coefficient (Wildman–Crippen LogP) is 4.44. The van der Waals surface area contributed by atoms with Crippen molar-refractivity contribution in [2.45, 2.75) is 37.8 Å². The maximum Gasteiger partial charge on any atom is 0.107 e. The van der Waals surface area contributed by atoms with Crippen molar-refractivity contribution >= 4 is 15.9 Å². The van der Waals surface area contributed by atoms with E-state index in [2.05, 4.69) is 15.9 Å². The van der Waals surface area contributed by atoms with Crippen LogP contribution in [0, 0.1) is 0 Å². The number of rotatable bonds is 1. The smallest absolute Gasteiger partial charge is 0.107 e. The Hall–Kier alpha value is -0.370. The fourth-order valence-electron chi connectivity index (χ4n) is 2.17. The van der Waals surface area contributed by atoms with Crippen LogP contribution in [0.25, 0.3) is 0 Å². The summed E-state index contributed by atoms with van der Waals surface area (Å²) in [6.45, 7) is 0. The summed E-state index contributed by atoms with van der Waals surface area (Å²) in [4.78, 5) is 0. The lowest BCUT2D eigenvalue weighted by Gasteiger charge is -2.26. The van der Waals surface area contributed by atoms with Gasteiger partial charge in [0.2, 0.25) is 0 Å². The Bertz CT molecular complexity index is 294. The molecule has 0 aliphatic heterocycles. The zero-order valence-corrected chi connectivity index (χ0v) is 9.63. The maximum absolute atomic E-state index is 13.6. The van der Waals surface area contributed by atoms with Crippen LogP contribution in [0.5, 0.6) is 0 Å². The van der Waals surface area contributed by atoms with Crippen LogP contribution in [0.15, 0.2) is 28.7 Å². The molecule has 1 fully saturated rings. The predicted molar refractivity (Wildman–Crippen MR) is 60.2 cm³/mol. The minimum Gasteiger partial charge on any atom is -0.247 e. The molecule has 0 amide bonds. The van der Waals surface area contributed by atoms with E-state index in [0.29, 0.717) is 0 Å². The van der Waals surface area contributed by atoms with Crippen LogP contribution in [-0.4, -0.2) is 6.17 Å². The molecule has 1 saturated carbocycles. The van der Waals surface area contributed by atoms with Gasteiger partial charge in [-0.05, 0) is 30.5 Å². The molecule has 1 aliphatic rings. The van der Waals surface area contributed by atoms with Crippen LogP contribution in [-0.2, 0) is 0 Å². The second kappa shape index (κ2) is 4.43. The molecule has 1 aromatic rings. The number of halogens is 2. The molecule has 0 radical (unpaired) electrons. The van der Waals surface area contributed by atoms with E-state index in [9.17, 15) is 4.39 Å². The van der Waals surface area contributed by atoms with Crippen LogP contribution >= 0.6 is 15.9 Å². The van der Waals surface area contributed by atoms with Crippen molar-refractivity contribution in [2.24, 2.45) is 0 Å². The van der Waals surface area contributed by atoms with Crippen LogP contribution in [0.4, 0.5) is 4.39 Å².